The fraction of sp³-hybridized carbons (Fsp3) is 0.344. The highest BCUT2D eigenvalue weighted by Crippen LogP contribution is 2.30. The molecule has 1 amide bonds. The van der Waals surface area contributed by atoms with E-state index in [9.17, 15) is 4.79 Å². The van der Waals surface area contributed by atoms with Crippen LogP contribution in [0.1, 0.15) is 16.8 Å². The Morgan fingerprint density at radius 1 is 0.902 bits per heavy atom. The van der Waals surface area contributed by atoms with Gasteiger partial charge in [-0.05, 0) is 54.4 Å². The zero-order valence-electron chi connectivity index (χ0n) is 22.9. The number of ether oxygens (including phenoxy) is 3. The summed E-state index contributed by atoms with van der Waals surface area (Å²) in [6.45, 7) is 7.10. The quantitative estimate of drug-likeness (QED) is 0.292. The Morgan fingerprint density at radius 2 is 1.63 bits per heavy atom. The molecule has 6 rings (SSSR count). The van der Waals surface area contributed by atoms with Gasteiger partial charge in [0.05, 0.1) is 61.5 Å². The van der Waals surface area contributed by atoms with E-state index < -0.39 is 5.82 Å². The maximum atomic E-state index is 15.2. The lowest BCUT2D eigenvalue weighted by molar-refractivity contribution is 0.0300. The number of para-hydroxylation sites is 1. The molecule has 8 nitrogen and oxygen atoms in total. The highest BCUT2D eigenvalue weighted by molar-refractivity contribution is 5.97. The van der Waals surface area contributed by atoms with Crippen LogP contribution in [0.4, 0.5) is 4.39 Å². The fourth-order valence-electron chi connectivity index (χ4n) is 5.22. The van der Waals surface area contributed by atoms with Crippen molar-refractivity contribution in [2.75, 3.05) is 65.8 Å². The Kier molecular flexibility index (Phi) is 8.46. The topological polar surface area (TPSA) is 77.0 Å². The number of benzene rings is 3. The second-order valence-corrected chi connectivity index (χ2v) is 10.2. The number of carbonyl (C=O) groups is 1. The van der Waals surface area contributed by atoms with Crippen LogP contribution < -0.4 is 4.74 Å². The van der Waals surface area contributed by atoms with E-state index in [1.165, 1.54) is 6.07 Å². The van der Waals surface area contributed by atoms with Crippen LogP contribution in [0.2, 0.25) is 0 Å². The third-order valence-corrected chi connectivity index (χ3v) is 7.52. The summed E-state index contributed by atoms with van der Waals surface area (Å²) in [5.41, 5.74) is 4.45. The molecule has 9 heteroatoms. The summed E-state index contributed by atoms with van der Waals surface area (Å²) in [5, 5.41) is 0. The maximum Gasteiger partial charge on any atom is 0.256 e. The van der Waals surface area contributed by atoms with Crippen LogP contribution in [0.3, 0.4) is 0 Å². The molecule has 3 heterocycles. The Hall–Kier alpha value is -3.92. The molecule has 3 aromatic carbocycles. The van der Waals surface area contributed by atoms with E-state index in [-0.39, 0.29) is 11.5 Å². The first-order valence-corrected chi connectivity index (χ1v) is 14.1. The Morgan fingerprint density at radius 3 is 2.39 bits per heavy atom. The molecule has 212 valence electrons. The number of hydrogen-bond acceptors (Lipinski definition) is 7. The first-order chi connectivity index (χ1) is 20.2. The minimum absolute atomic E-state index is 0.0612. The van der Waals surface area contributed by atoms with Gasteiger partial charge in [0.25, 0.3) is 5.91 Å². The van der Waals surface area contributed by atoms with Crippen LogP contribution >= 0.6 is 0 Å². The number of carbonyl (C=O) groups excluding carboxylic acids is 1. The summed E-state index contributed by atoms with van der Waals surface area (Å²) in [7, 11) is 0. The summed E-state index contributed by atoms with van der Waals surface area (Å²) in [4.78, 5) is 26.4. The van der Waals surface area contributed by atoms with Gasteiger partial charge in [0.1, 0.15) is 11.6 Å². The lowest BCUT2D eigenvalue weighted by atomic mass is 10.0. The molecular weight excluding hydrogens is 523 g/mol. The summed E-state index contributed by atoms with van der Waals surface area (Å²) in [6.07, 6.45) is 2.71. The zero-order chi connectivity index (χ0) is 28.0. The van der Waals surface area contributed by atoms with Crippen LogP contribution in [-0.4, -0.2) is 91.4 Å². The van der Waals surface area contributed by atoms with Crippen molar-refractivity contribution in [1.29, 1.82) is 0 Å². The molecule has 2 aliphatic heterocycles. The largest absolute Gasteiger partial charge is 0.494 e. The minimum atomic E-state index is -0.555. The Balaban J connectivity index is 1.17. The van der Waals surface area contributed by atoms with Gasteiger partial charge in [0.15, 0.2) is 0 Å². The van der Waals surface area contributed by atoms with Crippen LogP contribution in [-0.2, 0) is 9.47 Å². The number of aromatic nitrogens is 2. The normalized spacial score (nSPS) is 16.2. The monoisotopic (exact) mass is 556 g/mol. The van der Waals surface area contributed by atoms with E-state index in [2.05, 4.69) is 9.88 Å². The molecule has 0 aliphatic carbocycles. The van der Waals surface area contributed by atoms with Crippen LogP contribution in [0.15, 0.2) is 66.9 Å². The van der Waals surface area contributed by atoms with Gasteiger partial charge < -0.3 is 19.1 Å². The summed E-state index contributed by atoms with van der Waals surface area (Å²) >= 11 is 0. The third-order valence-electron chi connectivity index (χ3n) is 7.52. The van der Waals surface area contributed by atoms with Gasteiger partial charge in [-0.15, -0.1) is 0 Å². The highest BCUT2D eigenvalue weighted by Gasteiger charge is 2.22. The average Bonchev–Trinajstić information content (AvgIpc) is 3.03. The molecule has 0 radical (unpaired) electrons. The van der Waals surface area contributed by atoms with Gasteiger partial charge >= 0.3 is 0 Å². The molecule has 0 spiro atoms. The first kappa shape index (κ1) is 27.3. The maximum absolute atomic E-state index is 15.2. The predicted molar refractivity (Wildman–Crippen MR) is 154 cm³/mol. The predicted octanol–water partition coefficient (Wildman–Crippen LogP) is 4.68. The smallest absolute Gasteiger partial charge is 0.256 e. The Labute approximate surface area is 238 Å². The minimum Gasteiger partial charge on any atom is -0.494 e. The number of amides is 1. The molecule has 41 heavy (non-hydrogen) atoms. The van der Waals surface area contributed by atoms with Gasteiger partial charge in [-0.3, -0.25) is 14.7 Å². The van der Waals surface area contributed by atoms with E-state index in [1.54, 1.807) is 23.2 Å². The number of morpholine rings is 2. The molecule has 0 N–H and O–H groups in total. The molecule has 2 saturated heterocycles. The summed E-state index contributed by atoms with van der Waals surface area (Å²) in [5.74, 6) is -0.0603. The van der Waals surface area contributed by atoms with E-state index in [1.807, 2.05) is 42.5 Å². The van der Waals surface area contributed by atoms with E-state index in [0.717, 1.165) is 56.1 Å². The van der Waals surface area contributed by atoms with Crippen LogP contribution in [0.5, 0.6) is 5.75 Å². The van der Waals surface area contributed by atoms with E-state index >= 15 is 4.39 Å². The lowest BCUT2D eigenvalue weighted by Crippen LogP contribution is -2.41. The Bertz CT molecular complexity index is 1500. The van der Waals surface area contributed by atoms with Gasteiger partial charge in [-0.1, -0.05) is 18.2 Å². The summed E-state index contributed by atoms with van der Waals surface area (Å²) < 4.78 is 31.9. The SMILES string of the molecule is O=C(c1ccc(-c2cccc3ncc(-c4ccc(OCCCN5CCOCC5)cc4)nc23)cc1F)N1CCOCC1. The number of hydrogen-bond donors (Lipinski definition) is 0. The van der Waals surface area contributed by atoms with Crippen molar-refractivity contribution in [3.8, 4) is 28.1 Å². The molecule has 4 aromatic rings. The first-order valence-electron chi connectivity index (χ1n) is 14.1. The van der Waals surface area contributed by atoms with Crippen molar-refractivity contribution in [2.24, 2.45) is 0 Å². The molecule has 2 aliphatic rings. The van der Waals surface area contributed by atoms with Gasteiger partial charge in [-0.25, -0.2) is 9.37 Å². The molecule has 0 unspecified atom stereocenters. The van der Waals surface area contributed by atoms with Crippen LogP contribution in [0, 0.1) is 5.82 Å². The van der Waals surface area contributed by atoms with Crippen molar-refractivity contribution in [1.82, 2.24) is 19.8 Å². The second-order valence-electron chi connectivity index (χ2n) is 10.2. The van der Waals surface area contributed by atoms with E-state index in [0.29, 0.717) is 55.2 Å². The van der Waals surface area contributed by atoms with Crippen molar-refractivity contribution >= 4 is 16.9 Å². The number of halogens is 1. The van der Waals surface area contributed by atoms with Crippen LogP contribution in [0.25, 0.3) is 33.4 Å². The number of fused-ring (bicyclic) bond motifs is 1. The standard InChI is InChI=1S/C32H33FN4O4/c33-28-21-24(7-10-27(28)32(38)37-14-19-40-20-15-37)26-3-1-4-29-31(26)35-30(22-34-29)23-5-8-25(9-6-23)41-16-2-11-36-12-17-39-18-13-36/h1,3-10,21-22H,2,11-20H2. The summed E-state index contributed by atoms with van der Waals surface area (Å²) in [6, 6.07) is 18.2. The fourth-order valence-corrected chi connectivity index (χ4v) is 5.22. The molecule has 1 aromatic heterocycles. The van der Waals surface area contributed by atoms with Gasteiger partial charge in [-0.2, -0.15) is 0 Å². The van der Waals surface area contributed by atoms with Gasteiger partial charge in [0.2, 0.25) is 0 Å². The molecular formula is C32H33FN4O4. The van der Waals surface area contributed by atoms with Crippen molar-refractivity contribution in [2.45, 2.75) is 6.42 Å². The third kappa shape index (κ3) is 6.37. The van der Waals surface area contributed by atoms with E-state index in [4.69, 9.17) is 19.2 Å². The molecule has 0 saturated carbocycles. The molecule has 0 bridgehead atoms. The van der Waals surface area contributed by atoms with Crippen molar-refractivity contribution in [3.63, 3.8) is 0 Å². The second kappa shape index (κ2) is 12.7. The lowest BCUT2D eigenvalue weighted by Gasteiger charge is -2.27. The van der Waals surface area contributed by atoms with Gasteiger partial charge in [0, 0.05) is 43.9 Å². The van der Waals surface area contributed by atoms with Crippen molar-refractivity contribution < 1.29 is 23.4 Å². The molecule has 0 atom stereocenters. The zero-order valence-corrected chi connectivity index (χ0v) is 22.9. The number of nitrogens with zero attached hydrogens (tertiary/aromatic N) is 4. The highest BCUT2D eigenvalue weighted by atomic mass is 19.1. The number of rotatable bonds is 8. The average molecular weight is 557 g/mol. The van der Waals surface area contributed by atoms with Crippen molar-refractivity contribution in [3.05, 3.63) is 78.2 Å². The molecule has 2 fully saturated rings.